The fraction of sp³-hybridized carbons (Fsp3) is 0.389. The largest absolute Gasteiger partial charge is 0.433 e. The van der Waals surface area contributed by atoms with E-state index in [9.17, 15) is 13.2 Å². The molecule has 0 aromatic carbocycles. The number of hydrogen-bond donors (Lipinski definition) is 0. The van der Waals surface area contributed by atoms with Crippen LogP contribution >= 0.6 is 11.8 Å². The third-order valence-electron chi connectivity index (χ3n) is 4.67. The summed E-state index contributed by atoms with van der Waals surface area (Å²) in [5.74, 6) is 1.38. The van der Waals surface area contributed by atoms with Crippen molar-refractivity contribution in [2.45, 2.75) is 54.0 Å². The Morgan fingerprint density at radius 1 is 1.00 bits per heavy atom. The van der Waals surface area contributed by atoms with Crippen LogP contribution in [0.3, 0.4) is 0 Å². The van der Waals surface area contributed by atoms with Gasteiger partial charge >= 0.3 is 6.18 Å². The molecule has 3 aromatic heterocycles. The molecule has 0 bridgehead atoms. The van der Waals surface area contributed by atoms with Gasteiger partial charge in [-0.3, -0.25) is 4.98 Å². The summed E-state index contributed by atoms with van der Waals surface area (Å²) in [6.45, 7) is 0. The average Bonchev–Trinajstić information content (AvgIpc) is 3.61. The molecule has 0 N–H and O–H groups in total. The highest BCUT2D eigenvalue weighted by Crippen LogP contribution is 2.46. The van der Waals surface area contributed by atoms with Crippen LogP contribution in [-0.2, 0) is 6.18 Å². The fourth-order valence-corrected chi connectivity index (χ4v) is 3.91. The van der Waals surface area contributed by atoms with Crippen molar-refractivity contribution in [3.8, 4) is 11.4 Å². The van der Waals surface area contributed by atoms with Crippen molar-refractivity contribution in [2.75, 3.05) is 0 Å². The monoisotopic (exact) mass is 404 g/mol. The zero-order chi connectivity index (χ0) is 19.3. The summed E-state index contributed by atoms with van der Waals surface area (Å²) in [5.41, 5.74) is -0.498. The molecule has 0 radical (unpaired) electrons. The number of halogens is 3. The minimum Gasteiger partial charge on any atom is -0.302 e. The van der Waals surface area contributed by atoms with Gasteiger partial charge in [0.15, 0.2) is 11.0 Å². The molecule has 10 heteroatoms. The Labute approximate surface area is 162 Å². The average molecular weight is 404 g/mol. The maximum absolute atomic E-state index is 13.4. The van der Waals surface area contributed by atoms with Gasteiger partial charge in [-0.1, -0.05) is 0 Å². The summed E-state index contributed by atoms with van der Waals surface area (Å²) in [6, 6.07) is 4.48. The first kappa shape index (κ1) is 17.6. The van der Waals surface area contributed by atoms with Crippen molar-refractivity contribution in [3.05, 3.63) is 42.1 Å². The van der Waals surface area contributed by atoms with E-state index in [-0.39, 0.29) is 10.9 Å². The lowest BCUT2D eigenvalue weighted by Gasteiger charge is -2.11. The van der Waals surface area contributed by atoms with E-state index in [0.717, 1.165) is 49.3 Å². The van der Waals surface area contributed by atoms with Gasteiger partial charge < -0.3 is 4.57 Å². The van der Waals surface area contributed by atoms with Crippen molar-refractivity contribution in [1.82, 2.24) is 29.7 Å². The molecule has 3 heterocycles. The second kappa shape index (κ2) is 6.54. The Morgan fingerprint density at radius 3 is 2.39 bits per heavy atom. The molecule has 0 spiro atoms. The molecule has 0 aliphatic heterocycles. The molecule has 3 aromatic rings. The van der Waals surface area contributed by atoms with Crippen LogP contribution in [0.25, 0.3) is 11.4 Å². The molecule has 0 amide bonds. The molecular formula is C18H15F3N6S. The second-order valence-electron chi connectivity index (χ2n) is 6.97. The molecule has 6 nitrogen and oxygen atoms in total. The van der Waals surface area contributed by atoms with E-state index >= 15 is 0 Å². The zero-order valence-electron chi connectivity index (χ0n) is 14.6. The molecule has 2 fully saturated rings. The van der Waals surface area contributed by atoms with Gasteiger partial charge in [0, 0.05) is 36.0 Å². The Kier molecular flexibility index (Phi) is 4.11. The van der Waals surface area contributed by atoms with Gasteiger partial charge in [0.05, 0.1) is 0 Å². The Bertz CT molecular complexity index is 1010. The molecule has 2 saturated carbocycles. The topological polar surface area (TPSA) is 69.4 Å². The summed E-state index contributed by atoms with van der Waals surface area (Å²) in [7, 11) is 0. The Balaban J connectivity index is 1.55. The van der Waals surface area contributed by atoms with E-state index in [1.54, 1.807) is 12.1 Å². The van der Waals surface area contributed by atoms with Crippen LogP contribution in [0, 0.1) is 0 Å². The predicted molar refractivity (Wildman–Crippen MR) is 94.7 cm³/mol. The van der Waals surface area contributed by atoms with Crippen LogP contribution < -0.4 is 0 Å². The minimum atomic E-state index is -4.57. The molecule has 5 rings (SSSR count). The third-order valence-corrected chi connectivity index (χ3v) is 5.55. The van der Waals surface area contributed by atoms with Gasteiger partial charge in [-0.2, -0.15) is 13.2 Å². The Hall–Kier alpha value is -2.49. The van der Waals surface area contributed by atoms with E-state index in [1.807, 2.05) is 0 Å². The van der Waals surface area contributed by atoms with E-state index in [4.69, 9.17) is 0 Å². The maximum atomic E-state index is 13.4. The van der Waals surface area contributed by atoms with Crippen LogP contribution in [0.15, 0.2) is 40.8 Å². The van der Waals surface area contributed by atoms with Gasteiger partial charge in [0.1, 0.15) is 16.5 Å². The number of aromatic nitrogens is 6. The number of alkyl halides is 3. The second-order valence-corrected chi connectivity index (χ2v) is 7.95. The van der Waals surface area contributed by atoms with Crippen molar-refractivity contribution >= 4 is 11.8 Å². The summed E-state index contributed by atoms with van der Waals surface area (Å²) in [5, 5.41) is 9.35. The highest BCUT2D eigenvalue weighted by Gasteiger charge is 2.37. The van der Waals surface area contributed by atoms with Crippen LogP contribution in [0.2, 0.25) is 0 Å². The summed E-state index contributed by atoms with van der Waals surface area (Å²) < 4.78 is 42.3. The minimum absolute atomic E-state index is 0.0135. The lowest BCUT2D eigenvalue weighted by atomic mass is 10.2. The molecule has 144 valence electrons. The first-order valence-electron chi connectivity index (χ1n) is 8.98. The van der Waals surface area contributed by atoms with Gasteiger partial charge in [-0.25, -0.2) is 9.97 Å². The summed E-state index contributed by atoms with van der Waals surface area (Å²) in [6.07, 6.45) is 2.70. The van der Waals surface area contributed by atoms with E-state index in [0.29, 0.717) is 22.7 Å². The smallest absolute Gasteiger partial charge is 0.302 e. The Morgan fingerprint density at radius 2 is 1.75 bits per heavy atom. The zero-order valence-corrected chi connectivity index (χ0v) is 15.4. The SMILES string of the molecule is FC(F)(F)c1cc(Sc2nnc(C3CC3)n2C2CC2)nc(-c2ccncc2)n1. The normalized spacial score (nSPS) is 17.1. The van der Waals surface area contributed by atoms with Crippen molar-refractivity contribution in [3.63, 3.8) is 0 Å². The molecule has 0 atom stereocenters. The van der Waals surface area contributed by atoms with E-state index in [1.165, 1.54) is 12.4 Å². The highest BCUT2D eigenvalue weighted by molar-refractivity contribution is 7.99. The predicted octanol–water partition coefficient (Wildman–Crippen LogP) is 4.51. The van der Waals surface area contributed by atoms with Crippen LogP contribution in [-0.4, -0.2) is 29.7 Å². The summed E-state index contributed by atoms with van der Waals surface area (Å²) >= 11 is 1.11. The number of nitrogens with zero attached hydrogens (tertiary/aromatic N) is 6. The van der Waals surface area contributed by atoms with E-state index in [2.05, 4.69) is 29.7 Å². The van der Waals surface area contributed by atoms with Crippen LogP contribution in [0.4, 0.5) is 13.2 Å². The lowest BCUT2D eigenvalue weighted by Crippen LogP contribution is -2.10. The summed E-state index contributed by atoms with van der Waals surface area (Å²) in [4.78, 5) is 11.9. The first-order valence-corrected chi connectivity index (χ1v) is 9.80. The molecule has 28 heavy (non-hydrogen) atoms. The van der Waals surface area contributed by atoms with Crippen LogP contribution in [0.5, 0.6) is 0 Å². The lowest BCUT2D eigenvalue weighted by molar-refractivity contribution is -0.141. The maximum Gasteiger partial charge on any atom is 0.433 e. The quantitative estimate of drug-likeness (QED) is 0.583. The van der Waals surface area contributed by atoms with Gasteiger partial charge in [0.25, 0.3) is 0 Å². The number of pyridine rings is 1. The van der Waals surface area contributed by atoms with Gasteiger partial charge in [-0.05, 0) is 49.6 Å². The standard InChI is InChI=1S/C18H15F3N6S/c19-18(20,21)13-9-14(24-15(23-13)10-5-7-22-8-6-10)28-17-26-25-16(11-1-2-11)27(17)12-3-4-12/h5-9,11-12H,1-4H2. The van der Waals surface area contributed by atoms with Gasteiger partial charge in [0.2, 0.25) is 0 Å². The molecule has 0 saturated heterocycles. The fourth-order valence-electron chi connectivity index (χ4n) is 3.00. The first-order chi connectivity index (χ1) is 13.5. The molecule has 0 unspecified atom stereocenters. The van der Waals surface area contributed by atoms with Crippen molar-refractivity contribution in [2.24, 2.45) is 0 Å². The third kappa shape index (κ3) is 3.48. The number of rotatable bonds is 5. The molecule has 2 aliphatic rings. The number of hydrogen-bond acceptors (Lipinski definition) is 6. The van der Waals surface area contributed by atoms with Crippen molar-refractivity contribution in [1.29, 1.82) is 0 Å². The van der Waals surface area contributed by atoms with Crippen molar-refractivity contribution < 1.29 is 13.2 Å². The molecule has 2 aliphatic carbocycles. The van der Waals surface area contributed by atoms with Gasteiger partial charge in [-0.15, -0.1) is 10.2 Å². The molecular weight excluding hydrogens is 389 g/mol. The van der Waals surface area contributed by atoms with E-state index < -0.39 is 11.9 Å². The van der Waals surface area contributed by atoms with Crippen LogP contribution in [0.1, 0.15) is 49.2 Å². The highest BCUT2D eigenvalue weighted by atomic mass is 32.2.